The van der Waals surface area contributed by atoms with Crippen LogP contribution in [-0.4, -0.2) is 15.1 Å². The zero-order chi connectivity index (χ0) is 14.1. The van der Waals surface area contributed by atoms with Crippen LogP contribution in [-0.2, 0) is 5.75 Å². The van der Waals surface area contributed by atoms with E-state index in [0.29, 0.717) is 0 Å². The zero-order valence-electron chi connectivity index (χ0n) is 11.7. The summed E-state index contributed by atoms with van der Waals surface area (Å²) < 4.78 is 5.18. The van der Waals surface area contributed by atoms with Crippen LogP contribution in [0.4, 0.5) is 0 Å². The van der Waals surface area contributed by atoms with E-state index in [2.05, 4.69) is 15.1 Å². The molecule has 0 saturated heterocycles. The van der Waals surface area contributed by atoms with Crippen LogP contribution in [0.3, 0.4) is 0 Å². The third-order valence-electron chi connectivity index (χ3n) is 3.24. The standard InChI is InChI=1S/C15H15N3OS/c1-9-12(11(3)19-18-9)8-20-15-10(2)16-13-6-4-5-7-14(13)17-15/h4-7H,8H2,1-3H3. The van der Waals surface area contributed by atoms with Gasteiger partial charge in [-0.2, -0.15) is 0 Å². The average Bonchev–Trinajstić information content (AvgIpc) is 2.76. The van der Waals surface area contributed by atoms with Gasteiger partial charge in [-0.05, 0) is 32.9 Å². The van der Waals surface area contributed by atoms with Crippen molar-refractivity contribution in [3.63, 3.8) is 0 Å². The number of para-hydroxylation sites is 2. The summed E-state index contributed by atoms with van der Waals surface area (Å²) in [4.78, 5) is 9.28. The number of fused-ring (bicyclic) bond motifs is 1. The molecule has 0 radical (unpaired) electrons. The maximum atomic E-state index is 5.18. The Balaban J connectivity index is 1.89. The molecule has 3 rings (SSSR count). The second-order valence-electron chi connectivity index (χ2n) is 4.69. The topological polar surface area (TPSA) is 51.8 Å². The van der Waals surface area contributed by atoms with E-state index in [0.717, 1.165) is 44.5 Å². The average molecular weight is 285 g/mol. The van der Waals surface area contributed by atoms with Crippen molar-refractivity contribution in [3.05, 3.63) is 47.0 Å². The van der Waals surface area contributed by atoms with Gasteiger partial charge < -0.3 is 4.52 Å². The van der Waals surface area contributed by atoms with Crippen molar-refractivity contribution in [2.24, 2.45) is 0 Å². The Kier molecular flexibility index (Phi) is 3.44. The lowest BCUT2D eigenvalue weighted by Crippen LogP contribution is -1.94. The van der Waals surface area contributed by atoms with Gasteiger partial charge in [0, 0.05) is 11.3 Å². The quantitative estimate of drug-likeness (QED) is 0.684. The van der Waals surface area contributed by atoms with E-state index in [1.807, 2.05) is 45.0 Å². The summed E-state index contributed by atoms with van der Waals surface area (Å²) in [5.41, 5.74) is 4.91. The molecule has 3 aromatic rings. The van der Waals surface area contributed by atoms with E-state index in [9.17, 15) is 0 Å². The first-order chi connectivity index (χ1) is 9.65. The molecule has 0 bridgehead atoms. The summed E-state index contributed by atoms with van der Waals surface area (Å²) in [7, 11) is 0. The highest BCUT2D eigenvalue weighted by Crippen LogP contribution is 2.27. The molecule has 0 aliphatic heterocycles. The van der Waals surface area contributed by atoms with E-state index < -0.39 is 0 Å². The van der Waals surface area contributed by atoms with Crippen LogP contribution in [0, 0.1) is 20.8 Å². The van der Waals surface area contributed by atoms with Crippen molar-refractivity contribution < 1.29 is 4.52 Å². The number of rotatable bonds is 3. The fraction of sp³-hybridized carbons (Fsp3) is 0.267. The molecular weight excluding hydrogens is 270 g/mol. The van der Waals surface area contributed by atoms with Crippen LogP contribution >= 0.6 is 11.8 Å². The van der Waals surface area contributed by atoms with Gasteiger partial charge in [-0.15, -0.1) is 0 Å². The van der Waals surface area contributed by atoms with Crippen LogP contribution < -0.4 is 0 Å². The number of benzene rings is 1. The highest BCUT2D eigenvalue weighted by atomic mass is 32.2. The van der Waals surface area contributed by atoms with E-state index in [4.69, 9.17) is 4.52 Å². The fourth-order valence-electron chi connectivity index (χ4n) is 2.06. The van der Waals surface area contributed by atoms with Crippen LogP contribution in [0.15, 0.2) is 33.8 Å². The number of hydrogen-bond donors (Lipinski definition) is 0. The van der Waals surface area contributed by atoms with Gasteiger partial charge in [0.2, 0.25) is 0 Å². The third-order valence-corrected chi connectivity index (χ3v) is 4.33. The maximum Gasteiger partial charge on any atom is 0.137 e. The minimum atomic E-state index is 0.801. The highest BCUT2D eigenvalue weighted by Gasteiger charge is 2.11. The molecule has 0 saturated carbocycles. The molecule has 102 valence electrons. The summed E-state index contributed by atoms with van der Waals surface area (Å²) in [6.45, 7) is 5.90. The molecule has 0 aliphatic carbocycles. The summed E-state index contributed by atoms with van der Waals surface area (Å²) in [6.07, 6.45) is 0. The van der Waals surface area contributed by atoms with Gasteiger partial charge in [-0.25, -0.2) is 9.97 Å². The highest BCUT2D eigenvalue weighted by molar-refractivity contribution is 7.98. The Bertz CT molecular complexity index is 747. The molecule has 5 heteroatoms. The molecule has 4 nitrogen and oxygen atoms in total. The van der Waals surface area contributed by atoms with Gasteiger partial charge >= 0.3 is 0 Å². The van der Waals surface area contributed by atoms with Crippen molar-refractivity contribution >= 4 is 22.8 Å². The van der Waals surface area contributed by atoms with Crippen LogP contribution in [0.5, 0.6) is 0 Å². The first-order valence-corrected chi connectivity index (χ1v) is 7.41. The minimum absolute atomic E-state index is 0.801. The van der Waals surface area contributed by atoms with Gasteiger partial charge in [-0.3, -0.25) is 0 Å². The molecule has 0 spiro atoms. The van der Waals surface area contributed by atoms with Crippen molar-refractivity contribution in [1.82, 2.24) is 15.1 Å². The van der Waals surface area contributed by atoms with Crippen LogP contribution in [0.1, 0.15) is 22.7 Å². The van der Waals surface area contributed by atoms with Gasteiger partial charge in [0.1, 0.15) is 10.8 Å². The van der Waals surface area contributed by atoms with Crippen molar-refractivity contribution in [2.75, 3.05) is 0 Å². The van der Waals surface area contributed by atoms with E-state index >= 15 is 0 Å². The molecular formula is C15H15N3OS. The first kappa shape index (κ1) is 13.1. The monoisotopic (exact) mass is 285 g/mol. The molecule has 20 heavy (non-hydrogen) atoms. The van der Waals surface area contributed by atoms with E-state index in [-0.39, 0.29) is 0 Å². The summed E-state index contributed by atoms with van der Waals surface area (Å²) in [6, 6.07) is 7.93. The molecule has 2 heterocycles. The Morgan fingerprint density at radius 2 is 1.70 bits per heavy atom. The molecule has 0 N–H and O–H groups in total. The molecule has 1 aromatic carbocycles. The molecule has 0 atom stereocenters. The van der Waals surface area contributed by atoms with Crippen molar-refractivity contribution in [3.8, 4) is 0 Å². The molecule has 0 aliphatic rings. The minimum Gasteiger partial charge on any atom is -0.361 e. The Morgan fingerprint density at radius 1 is 1.00 bits per heavy atom. The van der Waals surface area contributed by atoms with Gasteiger partial charge in [-0.1, -0.05) is 29.1 Å². The summed E-state index contributed by atoms with van der Waals surface area (Å²) in [5.74, 6) is 1.68. The zero-order valence-corrected chi connectivity index (χ0v) is 12.5. The lowest BCUT2D eigenvalue weighted by molar-refractivity contribution is 0.392. The van der Waals surface area contributed by atoms with Gasteiger partial charge in [0.15, 0.2) is 0 Å². The normalized spacial score (nSPS) is 11.2. The Labute approximate surface area is 121 Å². The number of aromatic nitrogens is 3. The number of nitrogens with zero attached hydrogens (tertiary/aromatic N) is 3. The smallest absolute Gasteiger partial charge is 0.137 e. The molecule has 0 amide bonds. The molecule has 2 aromatic heterocycles. The summed E-state index contributed by atoms with van der Waals surface area (Å²) >= 11 is 1.67. The predicted molar refractivity (Wildman–Crippen MR) is 79.8 cm³/mol. The van der Waals surface area contributed by atoms with Crippen LogP contribution in [0.2, 0.25) is 0 Å². The number of thioether (sulfide) groups is 1. The van der Waals surface area contributed by atoms with Crippen molar-refractivity contribution in [2.45, 2.75) is 31.6 Å². The Morgan fingerprint density at radius 3 is 2.35 bits per heavy atom. The van der Waals surface area contributed by atoms with Crippen molar-refractivity contribution in [1.29, 1.82) is 0 Å². The van der Waals surface area contributed by atoms with Crippen LogP contribution in [0.25, 0.3) is 11.0 Å². The number of aryl methyl sites for hydroxylation is 3. The molecule has 0 fully saturated rings. The SMILES string of the molecule is Cc1nc2ccccc2nc1SCc1c(C)noc1C. The third kappa shape index (κ3) is 2.41. The van der Waals surface area contributed by atoms with Gasteiger partial charge in [0.25, 0.3) is 0 Å². The van der Waals surface area contributed by atoms with E-state index in [1.165, 1.54) is 0 Å². The number of hydrogen-bond acceptors (Lipinski definition) is 5. The second kappa shape index (κ2) is 5.25. The first-order valence-electron chi connectivity index (χ1n) is 6.43. The molecule has 0 unspecified atom stereocenters. The second-order valence-corrected chi connectivity index (χ2v) is 5.66. The van der Waals surface area contributed by atoms with E-state index in [1.54, 1.807) is 11.8 Å². The largest absolute Gasteiger partial charge is 0.361 e. The lowest BCUT2D eigenvalue weighted by Gasteiger charge is -2.06. The van der Waals surface area contributed by atoms with Gasteiger partial charge in [0.05, 0.1) is 22.4 Å². The fourth-order valence-corrected chi connectivity index (χ4v) is 3.17. The Hall–Kier alpha value is -1.88. The lowest BCUT2D eigenvalue weighted by atomic mass is 10.2. The predicted octanol–water partition coefficient (Wildman–Crippen LogP) is 3.84. The summed E-state index contributed by atoms with van der Waals surface area (Å²) in [5, 5.41) is 4.94. The maximum absolute atomic E-state index is 5.18.